The predicted molar refractivity (Wildman–Crippen MR) is 93.6 cm³/mol. The molecule has 0 unspecified atom stereocenters. The van der Waals surface area contributed by atoms with E-state index < -0.39 is 0 Å². The van der Waals surface area contributed by atoms with E-state index in [1.807, 2.05) is 11.3 Å². The summed E-state index contributed by atoms with van der Waals surface area (Å²) < 4.78 is 6.81. The molecule has 0 spiro atoms. The highest BCUT2D eigenvalue weighted by molar-refractivity contribution is 7.19. The minimum atomic E-state index is 0.138. The average Bonchev–Trinajstić information content (AvgIpc) is 2.75. The lowest BCUT2D eigenvalue weighted by atomic mass is 9.85. The van der Waals surface area contributed by atoms with E-state index in [1.165, 1.54) is 20.5 Å². The molecule has 1 N–H and O–H groups in total. The van der Waals surface area contributed by atoms with Gasteiger partial charge in [0.25, 0.3) is 0 Å². The molecule has 2 rings (SSSR count). The van der Waals surface area contributed by atoms with Crippen molar-refractivity contribution in [3.05, 3.63) is 28.6 Å². The van der Waals surface area contributed by atoms with Gasteiger partial charge in [-0.05, 0) is 29.5 Å². The number of thiophene rings is 1. The van der Waals surface area contributed by atoms with Crippen LogP contribution in [0.2, 0.25) is 0 Å². The van der Waals surface area contributed by atoms with Crippen LogP contribution in [-0.2, 0) is 12.0 Å². The molecule has 0 amide bonds. The molecule has 0 saturated carbocycles. The minimum absolute atomic E-state index is 0.138. The Labute approximate surface area is 132 Å². The fourth-order valence-corrected chi connectivity index (χ4v) is 4.20. The molecule has 3 heteroatoms. The molecule has 21 heavy (non-hydrogen) atoms. The summed E-state index contributed by atoms with van der Waals surface area (Å²) in [5.41, 5.74) is 1.59. The van der Waals surface area contributed by atoms with Gasteiger partial charge in [-0.2, -0.15) is 0 Å². The lowest BCUT2D eigenvalue weighted by Crippen LogP contribution is -2.21. The van der Waals surface area contributed by atoms with Crippen molar-refractivity contribution in [3.8, 4) is 5.75 Å². The Hall–Kier alpha value is -1.06. The van der Waals surface area contributed by atoms with Gasteiger partial charge in [0.15, 0.2) is 0 Å². The second-order valence-electron chi connectivity index (χ2n) is 7.01. The summed E-state index contributed by atoms with van der Waals surface area (Å²) in [6, 6.07) is 6.37. The number of methoxy groups -OCH3 is 1. The normalized spacial score (nSPS) is 12.3. The largest absolute Gasteiger partial charge is 0.495 e. The summed E-state index contributed by atoms with van der Waals surface area (Å²) >= 11 is 1.87. The first-order valence-corrected chi connectivity index (χ1v) is 8.45. The van der Waals surface area contributed by atoms with Crippen LogP contribution in [-0.4, -0.2) is 13.7 Å². The van der Waals surface area contributed by atoms with Crippen molar-refractivity contribution >= 4 is 21.4 Å². The van der Waals surface area contributed by atoms with E-state index in [2.05, 4.69) is 58.1 Å². The van der Waals surface area contributed by atoms with Gasteiger partial charge < -0.3 is 10.1 Å². The lowest BCUT2D eigenvalue weighted by Gasteiger charge is -2.21. The Morgan fingerprint density at radius 3 is 2.52 bits per heavy atom. The first-order valence-electron chi connectivity index (χ1n) is 7.64. The fraction of sp³-hybridized carbons (Fsp3) is 0.556. The van der Waals surface area contributed by atoms with Crippen LogP contribution in [0.1, 0.15) is 45.1 Å². The second kappa shape index (κ2) is 6.37. The van der Waals surface area contributed by atoms with Crippen LogP contribution in [0.4, 0.5) is 0 Å². The molecule has 0 saturated heterocycles. The average molecular weight is 305 g/mol. The molecule has 1 aromatic carbocycles. The van der Waals surface area contributed by atoms with Gasteiger partial charge >= 0.3 is 0 Å². The third kappa shape index (κ3) is 3.58. The third-order valence-electron chi connectivity index (χ3n) is 3.56. The number of hydrogen-bond acceptors (Lipinski definition) is 3. The van der Waals surface area contributed by atoms with Crippen molar-refractivity contribution in [2.75, 3.05) is 13.7 Å². The Morgan fingerprint density at radius 1 is 1.24 bits per heavy atom. The quantitative estimate of drug-likeness (QED) is 0.843. The maximum absolute atomic E-state index is 5.54. The summed E-state index contributed by atoms with van der Waals surface area (Å²) in [4.78, 5) is 1.43. The van der Waals surface area contributed by atoms with Crippen molar-refractivity contribution < 1.29 is 4.74 Å². The summed E-state index contributed by atoms with van der Waals surface area (Å²) in [5, 5.41) is 4.92. The Morgan fingerprint density at radius 2 is 1.95 bits per heavy atom. The van der Waals surface area contributed by atoms with E-state index in [-0.39, 0.29) is 5.41 Å². The number of benzene rings is 1. The Balaban J connectivity index is 2.47. The first-order chi connectivity index (χ1) is 9.84. The van der Waals surface area contributed by atoms with Gasteiger partial charge in [-0.1, -0.05) is 46.8 Å². The van der Waals surface area contributed by atoms with Gasteiger partial charge in [0.2, 0.25) is 0 Å². The lowest BCUT2D eigenvalue weighted by molar-refractivity contribution is 0.420. The fourth-order valence-electron chi connectivity index (χ4n) is 2.72. The van der Waals surface area contributed by atoms with Crippen LogP contribution in [0.15, 0.2) is 18.2 Å². The molecule has 0 aliphatic carbocycles. The highest BCUT2D eigenvalue weighted by atomic mass is 32.1. The zero-order chi connectivity index (χ0) is 15.6. The molecule has 0 aliphatic rings. The third-order valence-corrected chi connectivity index (χ3v) is 4.78. The predicted octanol–water partition coefficient (Wildman–Crippen LogP) is 4.95. The van der Waals surface area contributed by atoms with Gasteiger partial charge in [0.05, 0.1) is 11.8 Å². The van der Waals surface area contributed by atoms with Gasteiger partial charge in [-0.25, -0.2) is 0 Å². The first kappa shape index (κ1) is 16.3. The van der Waals surface area contributed by atoms with Gasteiger partial charge in [0, 0.05) is 16.8 Å². The molecule has 0 atom stereocenters. The molecule has 2 nitrogen and oxygen atoms in total. The topological polar surface area (TPSA) is 21.3 Å². The van der Waals surface area contributed by atoms with Gasteiger partial charge in [0.1, 0.15) is 5.75 Å². The molecule has 116 valence electrons. The van der Waals surface area contributed by atoms with Crippen molar-refractivity contribution in [3.63, 3.8) is 0 Å². The molecular weight excluding hydrogens is 278 g/mol. The van der Waals surface area contributed by atoms with Crippen LogP contribution < -0.4 is 10.1 Å². The van der Waals surface area contributed by atoms with Crippen LogP contribution >= 0.6 is 11.3 Å². The SMILES string of the molecule is COc1cccc2c(C(C)(C)C)c(CNCC(C)C)sc12. The van der Waals surface area contributed by atoms with E-state index in [9.17, 15) is 0 Å². The van der Waals surface area contributed by atoms with Crippen LogP contribution in [0.3, 0.4) is 0 Å². The number of rotatable bonds is 5. The Kier molecular flexibility index (Phi) is 4.95. The van der Waals surface area contributed by atoms with E-state index in [4.69, 9.17) is 4.74 Å². The van der Waals surface area contributed by atoms with Gasteiger partial charge in [-0.15, -0.1) is 11.3 Å². The van der Waals surface area contributed by atoms with Gasteiger partial charge in [-0.3, -0.25) is 0 Å². The second-order valence-corrected chi connectivity index (χ2v) is 8.12. The molecule has 0 radical (unpaired) electrons. The molecule has 1 heterocycles. The summed E-state index contributed by atoms with van der Waals surface area (Å²) in [5.74, 6) is 1.66. The molecule has 0 aliphatic heterocycles. The standard InChI is InChI=1S/C18H27NOS/c1-12(2)10-19-11-15-16(18(3,4)5)13-8-7-9-14(20-6)17(13)21-15/h7-9,12,19H,10-11H2,1-6H3. The van der Waals surface area contributed by atoms with Crippen LogP contribution in [0, 0.1) is 5.92 Å². The van der Waals surface area contributed by atoms with E-state index in [0.29, 0.717) is 5.92 Å². The maximum Gasteiger partial charge on any atom is 0.136 e. The minimum Gasteiger partial charge on any atom is -0.495 e. The number of ether oxygens (including phenoxy) is 1. The molecule has 0 bridgehead atoms. The Bertz CT molecular complexity index is 607. The monoisotopic (exact) mass is 305 g/mol. The maximum atomic E-state index is 5.54. The van der Waals surface area contributed by atoms with E-state index >= 15 is 0 Å². The summed E-state index contributed by atoms with van der Waals surface area (Å²) in [7, 11) is 1.75. The van der Waals surface area contributed by atoms with Crippen LogP contribution in [0.25, 0.3) is 10.1 Å². The van der Waals surface area contributed by atoms with E-state index in [0.717, 1.165) is 18.8 Å². The molecular formula is C18H27NOS. The zero-order valence-corrected chi connectivity index (χ0v) is 14.9. The summed E-state index contributed by atoms with van der Waals surface area (Å²) in [6.45, 7) is 13.3. The van der Waals surface area contributed by atoms with Crippen molar-refractivity contribution in [2.45, 2.75) is 46.6 Å². The number of fused-ring (bicyclic) bond motifs is 1. The zero-order valence-electron chi connectivity index (χ0n) is 14.0. The highest BCUT2D eigenvalue weighted by Crippen LogP contribution is 2.42. The summed E-state index contributed by atoms with van der Waals surface area (Å²) in [6.07, 6.45) is 0. The van der Waals surface area contributed by atoms with E-state index in [1.54, 1.807) is 7.11 Å². The van der Waals surface area contributed by atoms with Crippen molar-refractivity contribution in [1.82, 2.24) is 5.32 Å². The molecule has 0 fully saturated rings. The number of nitrogens with one attached hydrogen (secondary N) is 1. The van der Waals surface area contributed by atoms with Crippen molar-refractivity contribution in [1.29, 1.82) is 0 Å². The smallest absolute Gasteiger partial charge is 0.136 e. The molecule has 1 aromatic heterocycles. The van der Waals surface area contributed by atoms with Crippen LogP contribution in [0.5, 0.6) is 5.75 Å². The van der Waals surface area contributed by atoms with Crippen molar-refractivity contribution in [2.24, 2.45) is 5.92 Å². The highest BCUT2D eigenvalue weighted by Gasteiger charge is 2.24. The number of hydrogen-bond donors (Lipinski definition) is 1. The molecule has 2 aromatic rings.